The van der Waals surface area contributed by atoms with E-state index in [0.29, 0.717) is 37.0 Å². The van der Waals surface area contributed by atoms with Crippen LogP contribution in [0.5, 0.6) is 0 Å². The van der Waals surface area contributed by atoms with Crippen LogP contribution in [-0.2, 0) is 28.7 Å². The largest absolute Gasteiger partial charge is 0.479 e. The van der Waals surface area contributed by atoms with Crippen LogP contribution in [0.1, 0.15) is 78.1 Å². The van der Waals surface area contributed by atoms with E-state index in [1.807, 2.05) is 51.1 Å². The van der Waals surface area contributed by atoms with E-state index in [0.717, 1.165) is 10.9 Å². The van der Waals surface area contributed by atoms with Crippen molar-refractivity contribution in [3.63, 3.8) is 0 Å². The molecule has 3 unspecified atom stereocenters. The van der Waals surface area contributed by atoms with Crippen molar-refractivity contribution in [2.24, 2.45) is 5.92 Å². The summed E-state index contributed by atoms with van der Waals surface area (Å²) >= 11 is 0. The second-order valence-corrected chi connectivity index (χ2v) is 13.1. The summed E-state index contributed by atoms with van der Waals surface area (Å²) in [6.45, 7) is 11.1. The van der Waals surface area contributed by atoms with Gasteiger partial charge in [0.1, 0.15) is 18.2 Å². The average molecular weight is 654 g/mol. The van der Waals surface area contributed by atoms with Crippen molar-refractivity contribution in [1.29, 1.82) is 0 Å². The van der Waals surface area contributed by atoms with Crippen LogP contribution in [-0.4, -0.2) is 93.0 Å². The smallest absolute Gasteiger partial charge is 0.342 e. The molecule has 13 nitrogen and oxygen atoms in total. The fourth-order valence-corrected chi connectivity index (χ4v) is 5.29. The summed E-state index contributed by atoms with van der Waals surface area (Å²) < 4.78 is 11.7. The number of rotatable bonds is 11. The first-order valence-corrected chi connectivity index (χ1v) is 16.1. The van der Waals surface area contributed by atoms with Gasteiger partial charge in [-0.25, -0.2) is 10.2 Å². The molecular formula is C34H47N5O8. The number of carboxylic acids is 1. The lowest BCUT2D eigenvalue weighted by Crippen LogP contribution is -2.61. The van der Waals surface area contributed by atoms with Crippen molar-refractivity contribution in [3.8, 4) is 0 Å². The van der Waals surface area contributed by atoms with Crippen LogP contribution in [0.4, 0.5) is 0 Å². The van der Waals surface area contributed by atoms with Gasteiger partial charge in [0.15, 0.2) is 0 Å². The van der Waals surface area contributed by atoms with Crippen LogP contribution < -0.4 is 16.1 Å². The number of fused-ring (bicyclic) bond motifs is 1. The molecule has 2 aliphatic heterocycles. The number of carboxylic acid groups (broad SMARTS) is 1. The van der Waals surface area contributed by atoms with Gasteiger partial charge in [-0.05, 0) is 69.7 Å². The zero-order valence-electron chi connectivity index (χ0n) is 27.9. The molecule has 6 atom stereocenters. The number of nitrogens with zero attached hydrogens (tertiary/aromatic N) is 2. The van der Waals surface area contributed by atoms with Crippen LogP contribution >= 0.6 is 0 Å². The Kier molecular flexibility index (Phi) is 11.4. The zero-order chi connectivity index (χ0) is 34.5. The monoisotopic (exact) mass is 653 g/mol. The number of nitrogens with one attached hydrogen (secondary N) is 3. The Morgan fingerprint density at radius 1 is 1.11 bits per heavy atom. The molecule has 1 aromatic carbocycles. The van der Waals surface area contributed by atoms with Gasteiger partial charge in [-0.2, -0.15) is 0 Å². The number of carbonyl (C=O) groups excluding carboxylic acids is 3. The molecule has 0 saturated carbocycles. The number of hydrogen-bond acceptors (Lipinski definition) is 9. The Morgan fingerprint density at radius 2 is 1.83 bits per heavy atom. The number of carbonyl (C=O) groups is 4. The Morgan fingerprint density at radius 3 is 2.47 bits per heavy atom. The van der Waals surface area contributed by atoms with E-state index >= 15 is 0 Å². The number of aliphatic carboxylic acids is 1. The van der Waals surface area contributed by atoms with E-state index in [-0.39, 0.29) is 25.0 Å². The maximum absolute atomic E-state index is 13.2. The summed E-state index contributed by atoms with van der Waals surface area (Å²) in [5.41, 5.74) is 2.89. The quantitative estimate of drug-likeness (QED) is 0.242. The summed E-state index contributed by atoms with van der Waals surface area (Å²) in [6.07, 6.45) is 3.77. The van der Waals surface area contributed by atoms with Crippen molar-refractivity contribution in [1.82, 2.24) is 26.1 Å². The predicted octanol–water partition coefficient (Wildman–Crippen LogP) is 2.48. The fourth-order valence-electron chi connectivity index (χ4n) is 5.29. The molecule has 3 amide bonds. The SMILES string of the molecule is CCC1(C)COC(/C=C/c2ccc3ccc([C@@H](C)NC(=O)[C@@H]4CCCN(C(=O)[C@H](C)NC(=O)C(O)C(C)C)N4)nc3c2)(C(=O)O)CO1. The van der Waals surface area contributed by atoms with Gasteiger partial charge >= 0.3 is 5.97 Å². The Balaban J connectivity index is 1.40. The molecule has 2 aromatic rings. The summed E-state index contributed by atoms with van der Waals surface area (Å²) in [5, 5.41) is 27.6. The molecule has 47 heavy (non-hydrogen) atoms. The maximum atomic E-state index is 13.2. The molecule has 256 valence electrons. The standard InChI is InChI=1S/C34H47N5O8/c1-7-33(6)18-47-34(19-46-33,32(44)45)15-14-23-10-11-24-12-13-25(37-27(24)17-23)21(4)35-29(41)26-9-8-16-39(38-26)31(43)22(5)36-30(42)28(40)20(2)3/h10-15,17,20-22,26,28,38,40H,7-9,16,18-19H2,1-6H3,(H,35,41)(H,36,42)(H,44,45)/b15-14+/t21-,22+,26+,28?,33?,34?/m1/s1. The number of benzene rings is 1. The lowest BCUT2D eigenvalue weighted by Gasteiger charge is -2.41. The molecule has 13 heteroatoms. The number of pyridine rings is 1. The van der Waals surface area contributed by atoms with E-state index in [1.165, 1.54) is 18.0 Å². The molecule has 2 saturated heterocycles. The Bertz CT molecular complexity index is 1500. The number of ether oxygens (including phenoxy) is 2. The van der Waals surface area contributed by atoms with Crippen LogP contribution in [0.3, 0.4) is 0 Å². The highest BCUT2D eigenvalue weighted by Crippen LogP contribution is 2.30. The number of aliphatic hydroxyl groups is 1. The van der Waals surface area contributed by atoms with Crippen molar-refractivity contribution in [2.75, 3.05) is 19.8 Å². The minimum Gasteiger partial charge on any atom is -0.479 e. The molecule has 0 bridgehead atoms. The molecule has 5 N–H and O–H groups in total. The first kappa shape index (κ1) is 35.9. The zero-order valence-corrected chi connectivity index (χ0v) is 27.9. The second kappa shape index (κ2) is 14.9. The molecule has 2 fully saturated rings. The molecule has 1 aromatic heterocycles. The Hall–Kier alpha value is -3.91. The second-order valence-electron chi connectivity index (χ2n) is 13.1. The van der Waals surface area contributed by atoms with E-state index in [2.05, 4.69) is 16.1 Å². The highest BCUT2D eigenvalue weighted by Gasteiger charge is 2.45. The third-order valence-electron chi connectivity index (χ3n) is 8.86. The number of aliphatic hydroxyl groups excluding tert-OH is 1. The van der Waals surface area contributed by atoms with Crippen LogP contribution in [0.25, 0.3) is 17.0 Å². The van der Waals surface area contributed by atoms with Gasteiger partial charge in [-0.1, -0.05) is 45.0 Å². The van der Waals surface area contributed by atoms with Gasteiger partial charge in [0.2, 0.25) is 17.4 Å². The lowest BCUT2D eigenvalue weighted by molar-refractivity contribution is -0.222. The van der Waals surface area contributed by atoms with Crippen molar-refractivity contribution in [3.05, 3.63) is 47.7 Å². The molecular weight excluding hydrogens is 606 g/mol. The van der Waals surface area contributed by atoms with Crippen LogP contribution in [0, 0.1) is 5.92 Å². The Labute approximate surface area is 275 Å². The molecule has 0 radical (unpaired) electrons. The molecule has 2 aliphatic rings. The van der Waals surface area contributed by atoms with Crippen LogP contribution in [0.15, 0.2) is 36.4 Å². The van der Waals surface area contributed by atoms with Gasteiger partial charge in [0.25, 0.3) is 5.91 Å². The minimum atomic E-state index is -1.59. The van der Waals surface area contributed by atoms with Crippen molar-refractivity contribution >= 4 is 40.7 Å². The van der Waals surface area contributed by atoms with E-state index in [4.69, 9.17) is 14.5 Å². The molecule has 0 aliphatic carbocycles. The van der Waals surface area contributed by atoms with Crippen molar-refractivity contribution in [2.45, 2.75) is 96.2 Å². The molecule has 3 heterocycles. The van der Waals surface area contributed by atoms with Gasteiger partial charge in [-0.15, -0.1) is 0 Å². The van der Waals surface area contributed by atoms with Gasteiger partial charge in [-0.3, -0.25) is 24.4 Å². The van der Waals surface area contributed by atoms with Gasteiger partial charge in [0.05, 0.1) is 36.1 Å². The molecule has 0 spiro atoms. The number of aromatic nitrogens is 1. The van der Waals surface area contributed by atoms with Crippen molar-refractivity contribution < 1.29 is 38.9 Å². The van der Waals surface area contributed by atoms with E-state index in [9.17, 15) is 29.4 Å². The predicted molar refractivity (Wildman–Crippen MR) is 175 cm³/mol. The third kappa shape index (κ3) is 8.52. The number of hydrogen-bond donors (Lipinski definition) is 5. The average Bonchev–Trinajstić information content (AvgIpc) is 3.06. The van der Waals surface area contributed by atoms with Crippen LogP contribution in [0.2, 0.25) is 0 Å². The normalized spacial score (nSPS) is 25.4. The first-order valence-electron chi connectivity index (χ1n) is 16.1. The molecule has 4 rings (SSSR count). The van der Waals surface area contributed by atoms with E-state index in [1.54, 1.807) is 19.9 Å². The maximum Gasteiger partial charge on any atom is 0.342 e. The van der Waals surface area contributed by atoms with E-state index < -0.39 is 53.2 Å². The highest BCUT2D eigenvalue weighted by atomic mass is 16.6. The summed E-state index contributed by atoms with van der Waals surface area (Å²) in [4.78, 5) is 55.4. The topological polar surface area (TPSA) is 179 Å². The van der Waals surface area contributed by atoms with Gasteiger partial charge in [0, 0.05) is 11.9 Å². The highest BCUT2D eigenvalue weighted by molar-refractivity contribution is 5.90. The third-order valence-corrected chi connectivity index (χ3v) is 8.86. The lowest BCUT2D eigenvalue weighted by atomic mass is 9.97. The summed E-state index contributed by atoms with van der Waals surface area (Å²) in [6, 6.07) is 7.32. The fraction of sp³-hybridized carbons (Fsp3) is 0.559. The first-order chi connectivity index (χ1) is 22.2. The summed E-state index contributed by atoms with van der Waals surface area (Å²) in [5.74, 6) is -2.74. The van der Waals surface area contributed by atoms with Gasteiger partial charge < -0.3 is 30.3 Å². The minimum absolute atomic E-state index is 0.101. The number of amides is 3. The number of hydrazine groups is 1. The summed E-state index contributed by atoms with van der Waals surface area (Å²) in [7, 11) is 0.